The van der Waals surface area contributed by atoms with Crippen molar-refractivity contribution in [1.29, 1.82) is 0 Å². The summed E-state index contributed by atoms with van der Waals surface area (Å²) >= 11 is 17.7. The van der Waals surface area contributed by atoms with Crippen molar-refractivity contribution < 1.29 is 4.39 Å². The second-order valence-electron chi connectivity index (χ2n) is 4.92. The van der Waals surface area contributed by atoms with Crippen molar-refractivity contribution in [2.75, 3.05) is 0 Å². The molecule has 0 bridgehead atoms. The first-order valence-corrected chi connectivity index (χ1v) is 7.82. The van der Waals surface area contributed by atoms with E-state index in [9.17, 15) is 4.39 Å². The Labute approximate surface area is 141 Å². The SMILES string of the molecule is Cc1nn2c(CCl)cc(Cl)nc2c1Cc1ccc(Cl)cc1F. The summed E-state index contributed by atoms with van der Waals surface area (Å²) in [6.07, 6.45) is 0.355. The summed E-state index contributed by atoms with van der Waals surface area (Å²) in [6, 6.07) is 6.28. The van der Waals surface area contributed by atoms with Crippen molar-refractivity contribution in [3.63, 3.8) is 0 Å². The molecule has 1 aromatic carbocycles. The molecule has 3 nitrogen and oxygen atoms in total. The molecular weight excluding hydrogens is 348 g/mol. The van der Waals surface area contributed by atoms with Gasteiger partial charge >= 0.3 is 0 Å². The van der Waals surface area contributed by atoms with E-state index in [1.165, 1.54) is 6.07 Å². The molecule has 0 atom stereocenters. The largest absolute Gasteiger partial charge is 0.218 e. The molecule has 0 aliphatic heterocycles. The zero-order chi connectivity index (χ0) is 15.9. The molecule has 0 aliphatic rings. The van der Waals surface area contributed by atoms with Gasteiger partial charge < -0.3 is 0 Å². The molecule has 0 amide bonds. The Morgan fingerprint density at radius 2 is 2.00 bits per heavy atom. The zero-order valence-corrected chi connectivity index (χ0v) is 13.8. The van der Waals surface area contributed by atoms with Crippen molar-refractivity contribution >= 4 is 40.4 Å². The Balaban J connectivity index is 2.14. The predicted molar refractivity (Wildman–Crippen MR) is 86.5 cm³/mol. The van der Waals surface area contributed by atoms with Crippen LogP contribution in [0.3, 0.4) is 0 Å². The van der Waals surface area contributed by atoms with E-state index in [1.54, 1.807) is 22.7 Å². The van der Waals surface area contributed by atoms with Gasteiger partial charge in [-0.1, -0.05) is 29.3 Å². The number of aromatic nitrogens is 3. The molecule has 22 heavy (non-hydrogen) atoms. The summed E-state index contributed by atoms with van der Waals surface area (Å²) < 4.78 is 15.7. The van der Waals surface area contributed by atoms with Crippen molar-refractivity contribution in [3.8, 4) is 0 Å². The van der Waals surface area contributed by atoms with Gasteiger partial charge in [-0.3, -0.25) is 0 Å². The highest BCUT2D eigenvalue weighted by Crippen LogP contribution is 2.24. The summed E-state index contributed by atoms with van der Waals surface area (Å²) in [6.45, 7) is 1.85. The summed E-state index contributed by atoms with van der Waals surface area (Å²) in [4.78, 5) is 4.31. The molecule has 7 heteroatoms. The van der Waals surface area contributed by atoms with E-state index in [0.717, 1.165) is 17.0 Å². The Morgan fingerprint density at radius 3 is 2.68 bits per heavy atom. The number of alkyl halides is 1. The van der Waals surface area contributed by atoms with Gasteiger partial charge in [0.2, 0.25) is 0 Å². The number of rotatable bonds is 3. The normalized spacial score (nSPS) is 11.3. The highest BCUT2D eigenvalue weighted by molar-refractivity contribution is 6.30. The van der Waals surface area contributed by atoms with Crippen LogP contribution in [0.15, 0.2) is 24.3 Å². The molecule has 2 heterocycles. The van der Waals surface area contributed by atoms with Gasteiger partial charge in [0.15, 0.2) is 5.65 Å². The van der Waals surface area contributed by atoms with Gasteiger partial charge in [0, 0.05) is 17.0 Å². The molecule has 0 spiro atoms. The Kier molecular flexibility index (Phi) is 4.26. The highest BCUT2D eigenvalue weighted by atomic mass is 35.5. The van der Waals surface area contributed by atoms with E-state index >= 15 is 0 Å². The van der Waals surface area contributed by atoms with Crippen LogP contribution in [0.25, 0.3) is 5.65 Å². The lowest BCUT2D eigenvalue weighted by Crippen LogP contribution is -2.00. The first-order chi connectivity index (χ1) is 10.5. The molecule has 3 rings (SSSR count). The van der Waals surface area contributed by atoms with Gasteiger partial charge in [0.1, 0.15) is 11.0 Å². The van der Waals surface area contributed by atoms with E-state index in [1.807, 2.05) is 6.92 Å². The van der Waals surface area contributed by atoms with Crippen LogP contribution in [0.4, 0.5) is 4.39 Å². The fourth-order valence-corrected chi connectivity index (χ4v) is 2.91. The van der Waals surface area contributed by atoms with Crippen molar-refractivity contribution in [2.45, 2.75) is 19.2 Å². The number of halogens is 4. The number of aryl methyl sites for hydroxylation is 1. The lowest BCUT2D eigenvalue weighted by Gasteiger charge is -2.05. The predicted octanol–water partition coefficient (Wildman–Crippen LogP) is 4.81. The van der Waals surface area contributed by atoms with Crippen molar-refractivity contribution in [1.82, 2.24) is 14.6 Å². The lowest BCUT2D eigenvalue weighted by molar-refractivity contribution is 0.614. The molecule has 0 fully saturated rings. The van der Waals surface area contributed by atoms with Gasteiger partial charge in [0.05, 0.1) is 17.3 Å². The number of nitrogens with zero attached hydrogens (tertiary/aromatic N) is 3. The molecule has 2 aromatic heterocycles. The average molecular weight is 359 g/mol. The van der Waals surface area contributed by atoms with Crippen LogP contribution < -0.4 is 0 Å². The van der Waals surface area contributed by atoms with Crippen LogP contribution in [0.2, 0.25) is 10.2 Å². The second-order valence-corrected chi connectivity index (χ2v) is 6.01. The first kappa shape index (κ1) is 15.5. The van der Waals surface area contributed by atoms with Gasteiger partial charge in [-0.25, -0.2) is 13.9 Å². The number of hydrogen-bond acceptors (Lipinski definition) is 2. The van der Waals surface area contributed by atoms with Gasteiger partial charge in [-0.05, 0) is 30.7 Å². The summed E-state index contributed by atoms with van der Waals surface area (Å²) in [5, 5.41) is 5.13. The lowest BCUT2D eigenvalue weighted by atomic mass is 10.0. The Hall–Kier alpha value is -1.36. The fraction of sp³-hybridized carbons (Fsp3) is 0.200. The molecule has 0 aliphatic carbocycles. The smallest absolute Gasteiger partial charge is 0.160 e. The molecule has 0 N–H and O–H groups in total. The van der Waals surface area contributed by atoms with Crippen LogP contribution in [-0.4, -0.2) is 14.6 Å². The van der Waals surface area contributed by atoms with Gasteiger partial charge in [-0.15, -0.1) is 11.6 Å². The summed E-state index contributed by atoms with van der Waals surface area (Å²) in [5.74, 6) is -0.0972. The maximum absolute atomic E-state index is 14.0. The Bertz CT molecular complexity index is 861. The summed E-state index contributed by atoms with van der Waals surface area (Å²) in [5.41, 5.74) is 3.43. The van der Waals surface area contributed by atoms with Gasteiger partial charge in [-0.2, -0.15) is 5.10 Å². The van der Waals surface area contributed by atoms with Crippen LogP contribution in [-0.2, 0) is 12.3 Å². The number of fused-ring (bicyclic) bond motifs is 1. The Morgan fingerprint density at radius 1 is 1.23 bits per heavy atom. The first-order valence-electron chi connectivity index (χ1n) is 6.53. The van der Waals surface area contributed by atoms with E-state index < -0.39 is 0 Å². The minimum atomic E-state index is -0.356. The molecule has 114 valence electrons. The van der Waals surface area contributed by atoms with Gasteiger partial charge in [0.25, 0.3) is 0 Å². The standard InChI is InChI=1S/C15H11Cl3FN3/c1-8-12(4-9-2-3-10(17)5-13(9)19)15-20-14(18)6-11(7-16)22(15)21-8/h2-3,5-6H,4,7H2,1H3. The fourth-order valence-electron chi connectivity index (χ4n) is 2.35. The topological polar surface area (TPSA) is 30.2 Å². The van der Waals surface area contributed by atoms with E-state index in [2.05, 4.69) is 10.1 Å². The van der Waals surface area contributed by atoms with Crippen molar-refractivity contribution in [3.05, 3.63) is 62.8 Å². The molecule has 0 radical (unpaired) electrons. The van der Waals surface area contributed by atoms with Crippen LogP contribution >= 0.6 is 34.8 Å². The van der Waals surface area contributed by atoms with Crippen LogP contribution in [0, 0.1) is 12.7 Å². The third kappa shape index (κ3) is 2.78. The molecule has 0 saturated carbocycles. The van der Waals surface area contributed by atoms with Crippen molar-refractivity contribution in [2.24, 2.45) is 0 Å². The number of benzene rings is 1. The maximum Gasteiger partial charge on any atom is 0.160 e. The second kappa shape index (κ2) is 6.03. The quantitative estimate of drug-likeness (QED) is 0.496. The summed E-state index contributed by atoms with van der Waals surface area (Å²) in [7, 11) is 0. The van der Waals surface area contributed by atoms with E-state index in [-0.39, 0.29) is 11.7 Å². The molecular formula is C15H11Cl3FN3. The van der Waals surface area contributed by atoms with E-state index in [4.69, 9.17) is 34.8 Å². The maximum atomic E-state index is 14.0. The third-order valence-electron chi connectivity index (χ3n) is 3.45. The van der Waals surface area contributed by atoms with Crippen LogP contribution in [0.1, 0.15) is 22.5 Å². The molecule has 3 aromatic rings. The molecule has 0 saturated heterocycles. The molecule has 0 unspecified atom stereocenters. The monoisotopic (exact) mass is 357 g/mol. The highest BCUT2D eigenvalue weighted by Gasteiger charge is 2.16. The van der Waals surface area contributed by atoms with Crippen LogP contribution in [0.5, 0.6) is 0 Å². The third-order valence-corrected chi connectivity index (χ3v) is 4.15. The number of hydrogen-bond donors (Lipinski definition) is 0. The minimum absolute atomic E-state index is 0.259. The average Bonchev–Trinajstić information content (AvgIpc) is 2.77. The zero-order valence-electron chi connectivity index (χ0n) is 11.6. The van der Waals surface area contributed by atoms with E-state index in [0.29, 0.717) is 27.8 Å². The minimum Gasteiger partial charge on any atom is -0.218 e.